The number of nitrogens with zero attached hydrogens (tertiary/aromatic N) is 1. The van der Waals surface area contributed by atoms with Gasteiger partial charge < -0.3 is 22.9 Å². The lowest BCUT2D eigenvalue weighted by atomic mass is 9.98. The van der Waals surface area contributed by atoms with Crippen LogP contribution in [0.1, 0.15) is 41.5 Å². The number of pyridine rings is 1. The normalized spacial score (nSPS) is 11.5. The number of benzene rings is 6. The van der Waals surface area contributed by atoms with Crippen LogP contribution in [0.2, 0.25) is 0 Å². The average Bonchev–Trinajstić information content (AvgIpc) is 3.99. The fourth-order valence-electron chi connectivity index (χ4n) is 5.26. The van der Waals surface area contributed by atoms with Crippen molar-refractivity contribution in [3.05, 3.63) is 174 Å². The van der Waals surface area contributed by atoms with Gasteiger partial charge in [-0.2, -0.15) is 0 Å². The van der Waals surface area contributed by atoms with E-state index in [0.29, 0.717) is 0 Å². The maximum Gasteiger partial charge on any atom is 0.0709 e. The van der Waals surface area contributed by atoms with E-state index in [4.69, 9.17) is 11.5 Å². The molecule has 2 heterocycles. The van der Waals surface area contributed by atoms with Gasteiger partial charge >= 0.3 is 0 Å². The van der Waals surface area contributed by atoms with Gasteiger partial charge in [0.1, 0.15) is 0 Å². The summed E-state index contributed by atoms with van der Waals surface area (Å²) in [6, 6.07) is 51.2. The van der Waals surface area contributed by atoms with E-state index >= 15 is 0 Å². The molecule has 1 aromatic heterocycles. The first-order valence-electron chi connectivity index (χ1n) is 16.0. The summed E-state index contributed by atoms with van der Waals surface area (Å²) in [6.45, 7) is 0. The molecule has 244 valence electrons. The van der Waals surface area contributed by atoms with Gasteiger partial charge in [0.25, 0.3) is 0 Å². The molecule has 0 amide bonds. The van der Waals surface area contributed by atoms with E-state index in [2.05, 4.69) is 77.0 Å². The van der Waals surface area contributed by atoms with E-state index in [1.54, 1.807) is 0 Å². The maximum atomic E-state index is 5.88. The van der Waals surface area contributed by atoms with Crippen molar-refractivity contribution in [2.24, 2.45) is 0 Å². The minimum Gasteiger partial charge on any atom is -0.398 e. The van der Waals surface area contributed by atoms with Crippen LogP contribution in [-0.4, -0.2) is 4.98 Å². The molecule has 0 atom stereocenters. The summed E-state index contributed by atoms with van der Waals surface area (Å²) in [4.78, 5) is 4.58. The molecule has 8 N–H and O–H groups in total. The number of fused-ring (bicyclic) bond motifs is 4. The van der Waals surface area contributed by atoms with Gasteiger partial charge in [0.15, 0.2) is 0 Å². The second-order valence-electron chi connectivity index (χ2n) is 11.6. The summed E-state index contributed by atoms with van der Waals surface area (Å²) in [7, 11) is 0. The van der Waals surface area contributed by atoms with Crippen molar-refractivity contribution in [3.8, 4) is 0 Å². The highest BCUT2D eigenvalue weighted by Gasteiger charge is 2.12. The Morgan fingerprint density at radius 3 is 1.35 bits per heavy atom. The molecule has 1 aliphatic carbocycles. The highest BCUT2D eigenvalue weighted by atomic mass is 35.5. The van der Waals surface area contributed by atoms with Gasteiger partial charge in [0, 0.05) is 46.4 Å². The third kappa shape index (κ3) is 9.58. The van der Waals surface area contributed by atoms with E-state index in [1.807, 2.05) is 84.9 Å². The van der Waals surface area contributed by atoms with Gasteiger partial charge in [0.2, 0.25) is 0 Å². The van der Waals surface area contributed by atoms with Crippen LogP contribution in [0.25, 0.3) is 21.8 Å². The predicted octanol–water partition coefficient (Wildman–Crippen LogP) is 10.9. The molecule has 1 saturated carbocycles. The molecule has 0 radical (unpaired) electrons. The predicted molar refractivity (Wildman–Crippen MR) is 209 cm³/mol. The summed E-state index contributed by atoms with van der Waals surface area (Å²) >= 11 is 0. The zero-order valence-electron chi connectivity index (χ0n) is 27.2. The number of hydrogen-bond acceptors (Lipinski definition) is 5. The van der Waals surface area contributed by atoms with Gasteiger partial charge in [-0.05, 0) is 64.7 Å². The fourth-order valence-corrected chi connectivity index (χ4v) is 5.26. The number of nitrogens with one attached hydrogen (secondary N) is 1. The summed E-state index contributed by atoms with van der Waals surface area (Å²) in [5.41, 5.74) is 23.0. The number of nitrogen functional groups attached to an aromatic ring is 2. The Hall–Kier alpha value is -5.36. The SMILES string of the molecule is C1CC1.Cl.N.Nc1ccccc1Cc1ccccc1N.c1ccc2c(c1)Cc1ccccc1N2.c1ccc2nc3ccccc3cc2c1. The number of nitrogens with two attached hydrogens (primary N) is 2. The summed E-state index contributed by atoms with van der Waals surface area (Å²) < 4.78 is 0. The molecule has 0 spiro atoms. The fraction of sp³-hybridized carbons (Fsp3) is 0.119. The minimum absolute atomic E-state index is 0. The number of rotatable bonds is 2. The van der Waals surface area contributed by atoms with Gasteiger partial charge in [-0.15, -0.1) is 12.4 Å². The molecule has 1 aliphatic heterocycles. The van der Waals surface area contributed by atoms with Crippen LogP contribution >= 0.6 is 12.4 Å². The lowest BCUT2D eigenvalue weighted by Crippen LogP contribution is -2.05. The monoisotopic (exact) mass is 653 g/mol. The van der Waals surface area contributed by atoms with Crippen molar-refractivity contribution >= 4 is 57.0 Å². The smallest absolute Gasteiger partial charge is 0.0709 e. The van der Waals surface area contributed by atoms with Crippen molar-refractivity contribution in [3.63, 3.8) is 0 Å². The van der Waals surface area contributed by atoms with E-state index in [-0.39, 0.29) is 18.6 Å². The number of hydrogen-bond donors (Lipinski definition) is 4. The van der Waals surface area contributed by atoms with Gasteiger partial charge in [-0.25, -0.2) is 4.98 Å². The molecular weight excluding hydrogens is 610 g/mol. The Balaban J connectivity index is 0.000000152. The summed E-state index contributed by atoms with van der Waals surface area (Å²) in [6.07, 6.45) is 6.33. The van der Waals surface area contributed by atoms with E-state index in [0.717, 1.165) is 46.4 Å². The van der Waals surface area contributed by atoms with Crippen molar-refractivity contribution < 1.29 is 0 Å². The lowest BCUT2D eigenvalue weighted by molar-refractivity contribution is 1.16. The molecule has 0 unspecified atom stereocenters. The molecule has 6 heteroatoms. The molecular formula is C42H44ClN5. The highest BCUT2D eigenvalue weighted by molar-refractivity contribution is 5.92. The zero-order valence-corrected chi connectivity index (χ0v) is 28.0. The first-order chi connectivity index (χ1) is 22.6. The Morgan fingerprint density at radius 1 is 0.500 bits per heavy atom. The topological polar surface area (TPSA) is 112 Å². The Kier molecular flexibility index (Phi) is 13.0. The van der Waals surface area contributed by atoms with Crippen LogP contribution in [-0.2, 0) is 12.8 Å². The van der Waals surface area contributed by atoms with E-state index in [1.165, 1.54) is 52.5 Å². The van der Waals surface area contributed by atoms with Gasteiger partial charge in [-0.3, -0.25) is 0 Å². The second kappa shape index (κ2) is 17.5. The molecule has 2 aliphatic rings. The maximum absolute atomic E-state index is 5.88. The van der Waals surface area contributed by atoms with E-state index in [9.17, 15) is 0 Å². The lowest BCUT2D eigenvalue weighted by Gasteiger charge is -2.20. The minimum atomic E-state index is 0. The molecule has 6 aromatic carbocycles. The zero-order chi connectivity index (χ0) is 31.6. The third-order valence-corrected chi connectivity index (χ3v) is 7.96. The summed E-state index contributed by atoms with van der Waals surface area (Å²) in [5, 5.41) is 5.84. The van der Waals surface area contributed by atoms with Crippen molar-refractivity contribution in [1.82, 2.24) is 11.1 Å². The molecule has 5 nitrogen and oxygen atoms in total. The number of halogens is 1. The van der Waals surface area contributed by atoms with Crippen LogP contribution in [0.3, 0.4) is 0 Å². The van der Waals surface area contributed by atoms with Crippen LogP contribution in [0.15, 0.2) is 152 Å². The van der Waals surface area contributed by atoms with Crippen molar-refractivity contribution in [2.45, 2.75) is 32.1 Å². The third-order valence-electron chi connectivity index (χ3n) is 7.96. The number of aromatic nitrogens is 1. The molecule has 48 heavy (non-hydrogen) atoms. The highest BCUT2D eigenvalue weighted by Crippen LogP contribution is 2.32. The van der Waals surface area contributed by atoms with Crippen molar-refractivity contribution in [2.75, 3.05) is 16.8 Å². The second-order valence-corrected chi connectivity index (χ2v) is 11.6. The molecule has 0 bridgehead atoms. The molecule has 1 fully saturated rings. The van der Waals surface area contributed by atoms with Crippen LogP contribution in [0.4, 0.5) is 22.7 Å². The largest absolute Gasteiger partial charge is 0.398 e. The van der Waals surface area contributed by atoms with Gasteiger partial charge in [0.05, 0.1) is 11.0 Å². The van der Waals surface area contributed by atoms with Crippen molar-refractivity contribution in [1.29, 1.82) is 0 Å². The number of para-hydroxylation sites is 6. The molecule has 9 rings (SSSR count). The van der Waals surface area contributed by atoms with Crippen LogP contribution in [0, 0.1) is 0 Å². The van der Waals surface area contributed by atoms with Gasteiger partial charge in [-0.1, -0.05) is 128 Å². The standard InChI is InChI=1S/C13H14N2.C13H11N.C13H9N.C3H6.ClH.H3N/c14-12-7-3-1-5-10(12)9-11-6-2-4-8-13(11)15;2*1-3-7-12-10(5-1)9-11-6-2-4-8-13(11)14-12;1-2-3-1;;/h1-8H,9,14-15H2;1-8,14H,9H2;1-9H;1-3H2;1H;1H3. The Labute approximate surface area is 290 Å². The molecule has 7 aromatic rings. The van der Waals surface area contributed by atoms with Crippen LogP contribution < -0.4 is 22.9 Å². The Bertz CT molecular complexity index is 1820. The average molecular weight is 654 g/mol. The number of anilines is 4. The summed E-state index contributed by atoms with van der Waals surface area (Å²) in [5.74, 6) is 0. The van der Waals surface area contributed by atoms with Crippen LogP contribution in [0.5, 0.6) is 0 Å². The quantitative estimate of drug-likeness (QED) is 0.109. The first kappa shape index (κ1) is 35.5. The first-order valence-corrected chi connectivity index (χ1v) is 16.0. The molecule has 0 saturated heterocycles. The Morgan fingerprint density at radius 2 is 0.896 bits per heavy atom. The van der Waals surface area contributed by atoms with E-state index < -0.39 is 0 Å².